The summed E-state index contributed by atoms with van der Waals surface area (Å²) < 4.78 is 77.2. The van der Waals surface area contributed by atoms with Gasteiger partial charge in [-0.2, -0.15) is 13.2 Å². The summed E-state index contributed by atoms with van der Waals surface area (Å²) in [6.07, 6.45) is -9.49. The average Bonchev–Trinajstić information content (AvgIpc) is 3.06. The van der Waals surface area contributed by atoms with Crippen LogP contribution in [0.25, 0.3) is 0 Å². The molecule has 45 heavy (non-hydrogen) atoms. The zero-order valence-electron chi connectivity index (χ0n) is 24.8. The third-order valence-corrected chi connectivity index (χ3v) is 7.25. The van der Waals surface area contributed by atoms with Crippen molar-refractivity contribution in [2.75, 3.05) is 13.2 Å². The van der Waals surface area contributed by atoms with Crippen molar-refractivity contribution in [2.45, 2.75) is 63.3 Å². The number of hydrogen-bond donors (Lipinski definition) is 0. The standard InChI is InChI=1S/C36H37F3O6/c37-36(38,39)26-44-35-34(43-24-30-19-11-4-12-20-30)33(42-23-29-17-9-3-10-18-29)32(41-22-28-15-7-2-8-16-28)31(45-35)25-40-21-27-13-5-1-6-14-27/h1-20,31-35H,21-26H2/t31-,32+,33+,34-,35-/m1/s1. The maximum Gasteiger partial charge on any atom is 0.411 e. The fourth-order valence-electron chi connectivity index (χ4n) is 5.06. The summed E-state index contributed by atoms with van der Waals surface area (Å²) in [6.45, 7) is -0.714. The van der Waals surface area contributed by atoms with Gasteiger partial charge in [0.1, 0.15) is 31.0 Å². The Kier molecular flexibility index (Phi) is 12.1. The van der Waals surface area contributed by atoms with Crippen LogP contribution in [0.3, 0.4) is 0 Å². The first-order chi connectivity index (χ1) is 21.9. The van der Waals surface area contributed by atoms with Crippen molar-refractivity contribution in [3.8, 4) is 0 Å². The van der Waals surface area contributed by atoms with Gasteiger partial charge in [0.25, 0.3) is 0 Å². The molecule has 0 radical (unpaired) electrons. The third-order valence-electron chi connectivity index (χ3n) is 7.25. The van der Waals surface area contributed by atoms with Gasteiger partial charge in [0, 0.05) is 0 Å². The Bertz CT molecular complexity index is 1380. The number of benzene rings is 4. The van der Waals surface area contributed by atoms with Crippen LogP contribution in [-0.4, -0.2) is 50.1 Å². The first kappa shape index (κ1) is 32.8. The molecular formula is C36H37F3O6. The van der Waals surface area contributed by atoms with E-state index in [0.29, 0.717) is 0 Å². The quantitative estimate of drug-likeness (QED) is 0.139. The molecule has 0 N–H and O–H groups in total. The second-order valence-electron chi connectivity index (χ2n) is 10.8. The Balaban J connectivity index is 1.43. The van der Waals surface area contributed by atoms with Gasteiger partial charge in [-0.05, 0) is 22.3 Å². The lowest BCUT2D eigenvalue weighted by atomic mass is 9.97. The Labute approximate surface area is 261 Å². The lowest BCUT2D eigenvalue weighted by molar-refractivity contribution is -0.341. The minimum Gasteiger partial charge on any atom is -0.374 e. The minimum absolute atomic E-state index is 0.0246. The van der Waals surface area contributed by atoms with Crippen LogP contribution >= 0.6 is 0 Å². The van der Waals surface area contributed by atoms with Crippen molar-refractivity contribution in [3.05, 3.63) is 144 Å². The van der Waals surface area contributed by atoms with E-state index in [1.54, 1.807) is 0 Å². The summed E-state index contributed by atoms with van der Waals surface area (Å²) in [5.41, 5.74) is 3.59. The summed E-state index contributed by atoms with van der Waals surface area (Å²) in [4.78, 5) is 0. The number of ether oxygens (including phenoxy) is 6. The molecule has 0 spiro atoms. The van der Waals surface area contributed by atoms with Gasteiger partial charge < -0.3 is 28.4 Å². The second kappa shape index (κ2) is 16.7. The highest BCUT2D eigenvalue weighted by molar-refractivity contribution is 5.16. The Morgan fingerprint density at radius 1 is 0.489 bits per heavy atom. The third kappa shape index (κ3) is 10.5. The summed E-state index contributed by atoms with van der Waals surface area (Å²) in [5, 5.41) is 0. The molecule has 9 heteroatoms. The molecule has 0 aliphatic carbocycles. The van der Waals surface area contributed by atoms with E-state index >= 15 is 0 Å². The summed E-state index contributed by atoms with van der Waals surface area (Å²) in [5.74, 6) is 0. The second-order valence-corrected chi connectivity index (χ2v) is 10.8. The predicted octanol–water partition coefficient (Wildman–Crippen LogP) is 7.26. The van der Waals surface area contributed by atoms with Gasteiger partial charge in [0.2, 0.25) is 0 Å². The van der Waals surface area contributed by atoms with Crippen LogP contribution in [0.15, 0.2) is 121 Å². The molecule has 5 atom stereocenters. The van der Waals surface area contributed by atoms with Crippen LogP contribution in [0, 0.1) is 0 Å². The number of alkyl halides is 3. The van der Waals surface area contributed by atoms with Crippen LogP contribution in [0.1, 0.15) is 22.3 Å². The molecule has 1 heterocycles. The van der Waals surface area contributed by atoms with Crippen molar-refractivity contribution >= 4 is 0 Å². The van der Waals surface area contributed by atoms with E-state index in [1.165, 1.54) is 0 Å². The number of halogens is 3. The van der Waals surface area contributed by atoms with E-state index in [2.05, 4.69) is 0 Å². The monoisotopic (exact) mass is 622 g/mol. The largest absolute Gasteiger partial charge is 0.411 e. The zero-order chi connectivity index (χ0) is 31.3. The van der Waals surface area contributed by atoms with Crippen LogP contribution in [0.5, 0.6) is 0 Å². The fraction of sp³-hybridized carbons (Fsp3) is 0.333. The topological polar surface area (TPSA) is 55.4 Å². The van der Waals surface area contributed by atoms with Crippen molar-refractivity contribution < 1.29 is 41.6 Å². The van der Waals surface area contributed by atoms with E-state index in [-0.39, 0.29) is 33.0 Å². The summed E-state index contributed by atoms with van der Waals surface area (Å²) in [7, 11) is 0. The van der Waals surface area contributed by atoms with Crippen molar-refractivity contribution in [3.63, 3.8) is 0 Å². The molecule has 6 nitrogen and oxygen atoms in total. The van der Waals surface area contributed by atoms with Gasteiger partial charge in [0.05, 0.1) is 33.0 Å². The Morgan fingerprint density at radius 3 is 1.33 bits per heavy atom. The highest BCUT2D eigenvalue weighted by atomic mass is 19.4. The van der Waals surface area contributed by atoms with Crippen LogP contribution in [0.2, 0.25) is 0 Å². The first-order valence-corrected chi connectivity index (χ1v) is 14.9. The lowest BCUT2D eigenvalue weighted by Gasteiger charge is -2.46. The van der Waals surface area contributed by atoms with E-state index in [4.69, 9.17) is 28.4 Å². The van der Waals surface area contributed by atoms with Crippen LogP contribution in [-0.2, 0) is 54.8 Å². The Hall–Kier alpha value is -3.57. The predicted molar refractivity (Wildman–Crippen MR) is 162 cm³/mol. The van der Waals surface area contributed by atoms with Gasteiger partial charge in [-0.25, -0.2) is 0 Å². The average molecular weight is 623 g/mol. The Morgan fingerprint density at radius 2 is 0.889 bits per heavy atom. The van der Waals surface area contributed by atoms with E-state index in [1.807, 2.05) is 121 Å². The normalized spacial score (nSPS) is 21.9. The maximum absolute atomic E-state index is 13.4. The SMILES string of the molecule is FC(F)(F)CO[C@@H]1O[C@H](COCc2ccccc2)[C@H](OCc2ccccc2)[C@H](OCc2ccccc2)[C@H]1OCc1ccccc1. The molecule has 0 unspecified atom stereocenters. The molecule has 4 aromatic rings. The first-order valence-electron chi connectivity index (χ1n) is 14.9. The highest BCUT2D eigenvalue weighted by Crippen LogP contribution is 2.32. The van der Waals surface area contributed by atoms with Crippen molar-refractivity contribution in [1.29, 1.82) is 0 Å². The molecule has 1 saturated heterocycles. The molecule has 0 saturated carbocycles. The zero-order valence-corrected chi connectivity index (χ0v) is 24.8. The molecule has 4 aromatic carbocycles. The van der Waals surface area contributed by atoms with E-state index in [9.17, 15) is 13.2 Å². The van der Waals surface area contributed by atoms with E-state index in [0.717, 1.165) is 22.3 Å². The summed E-state index contributed by atoms with van der Waals surface area (Å²) in [6, 6.07) is 38.1. The number of rotatable bonds is 15. The summed E-state index contributed by atoms with van der Waals surface area (Å²) >= 11 is 0. The smallest absolute Gasteiger partial charge is 0.374 e. The minimum atomic E-state index is -4.58. The van der Waals surface area contributed by atoms with Crippen molar-refractivity contribution in [1.82, 2.24) is 0 Å². The maximum atomic E-state index is 13.4. The highest BCUT2D eigenvalue weighted by Gasteiger charge is 2.50. The fourth-order valence-corrected chi connectivity index (χ4v) is 5.06. The van der Waals surface area contributed by atoms with Gasteiger partial charge in [0.15, 0.2) is 6.29 Å². The van der Waals surface area contributed by atoms with Crippen LogP contribution < -0.4 is 0 Å². The molecular weight excluding hydrogens is 585 g/mol. The molecule has 1 fully saturated rings. The van der Waals surface area contributed by atoms with Gasteiger partial charge in [-0.3, -0.25) is 0 Å². The van der Waals surface area contributed by atoms with Gasteiger partial charge >= 0.3 is 6.18 Å². The molecule has 238 valence electrons. The molecule has 1 aliphatic rings. The molecule has 0 amide bonds. The molecule has 5 rings (SSSR count). The van der Waals surface area contributed by atoms with E-state index < -0.39 is 43.5 Å². The lowest BCUT2D eigenvalue weighted by Crippen LogP contribution is -2.62. The van der Waals surface area contributed by atoms with Gasteiger partial charge in [-0.15, -0.1) is 0 Å². The van der Waals surface area contributed by atoms with Crippen LogP contribution in [0.4, 0.5) is 13.2 Å². The molecule has 0 bridgehead atoms. The van der Waals surface area contributed by atoms with Crippen molar-refractivity contribution in [2.24, 2.45) is 0 Å². The van der Waals surface area contributed by atoms with Gasteiger partial charge in [-0.1, -0.05) is 121 Å². The molecule has 0 aromatic heterocycles. The molecule has 1 aliphatic heterocycles. The number of hydrogen-bond acceptors (Lipinski definition) is 6.